The van der Waals surface area contributed by atoms with Crippen LogP contribution in [-0.2, 0) is 10.0 Å². The number of rotatable bonds is 5. The number of likely N-dealkylation sites (tertiary alicyclic amines) is 1. The molecule has 1 aromatic rings. The molecular weight excluding hydrogens is 268 g/mol. The molecule has 0 unspecified atom stereocenters. The summed E-state index contributed by atoms with van der Waals surface area (Å²) in [5, 5.41) is 15.4. The lowest BCUT2D eigenvalue weighted by Crippen LogP contribution is -2.47. The zero-order valence-corrected chi connectivity index (χ0v) is 11.8. The first kappa shape index (κ1) is 14.4. The van der Waals surface area contributed by atoms with E-state index in [1.165, 1.54) is 16.6 Å². The number of aromatic amines is 1. The second-order valence-electron chi connectivity index (χ2n) is 4.79. The van der Waals surface area contributed by atoms with Crippen LogP contribution in [0.1, 0.15) is 12.8 Å². The van der Waals surface area contributed by atoms with Crippen molar-refractivity contribution in [3.63, 3.8) is 0 Å². The Bertz CT molecular complexity index is 480. The molecule has 0 amide bonds. The van der Waals surface area contributed by atoms with Gasteiger partial charge in [0.05, 0.1) is 12.8 Å². The number of H-pyrrole nitrogens is 1. The van der Waals surface area contributed by atoms with E-state index in [9.17, 15) is 8.42 Å². The third-order valence-corrected chi connectivity index (χ3v) is 5.36. The number of nitrogens with one attached hydrogen (secondary N) is 1. The van der Waals surface area contributed by atoms with Gasteiger partial charge in [0.2, 0.25) is 0 Å². The monoisotopic (exact) mass is 288 g/mol. The van der Waals surface area contributed by atoms with Gasteiger partial charge < -0.3 is 10.0 Å². The maximum atomic E-state index is 12.5. The molecule has 0 radical (unpaired) electrons. The Labute approximate surface area is 113 Å². The van der Waals surface area contributed by atoms with Crippen molar-refractivity contribution in [3.8, 4) is 0 Å². The molecule has 8 heteroatoms. The normalized spacial score (nSPS) is 19.1. The summed E-state index contributed by atoms with van der Waals surface area (Å²) in [7, 11) is -1.58. The van der Waals surface area contributed by atoms with Gasteiger partial charge in [0.1, 0.15) is 0 Å². The second kappa shape index (κ2) is 6.00. The maximum absolute atomic E-state index is 12.5. The molecule has 108 valence electrons. The molecule has 0 bridgehead atoms. The minimum atomic E-state index is -3.60. The Morgan fingerprint density at radius 2 is 2.21 bits per heavy atom. The van der Waals surface area contributed by atoms with Gasteiger partial charge in [-0.2, -0.15) is 9.40 Å². The average Bonchev–Trinajstić information content (AvgIpc) is 2.92. The fourth-order valence-electron chi connectivity index (χ4n) is 2.39. The summed E-state index contributed by atoms with van der Waals surface area (Å²) in [5.41, 5.74) is 0. The van der Waals surface area contributed by atoms with Gasteiger partial charge in [0.25, 0.3) is 10.0 Å². The molecule has 7 nitrogen and oxygen atoms in total. The van der Waals surface area contributed by atoms with Crippen LogP contribution < -0.4 is 0 Å². The number of piperidine rings is 1. The molecular formula is C11H20N4O3S. The summed E-state index contributed by atoms with van der Waals surface area (Å²) in [6, 6.07) is 1.38. The van der Waals surface area contributed by atoms with Crippen LogP contribution >= 0.6 is 0 Å². The lowest BCUT2D eigenvalue weighted by molar-refractivity contribution is 0.161. The van der Waals surface area contributed by atoms with Gasteiger partial charge in [-0.15, -0.1) is 0 Å². The third-order valence-electron chi connectivity index (χ3n) is 3.48. The van der Waals surface area contributed by atoms with Crippen LogP contribution in [0.25, 0.3) is 0 Å². The number of aliphatic hydroxyl groups excluding tert-OH is 1. The van der Waals surface area contributed by atoms with Crippen LogP contribution in [0.2, 0.25) is 0 Å². The summed E-state index contributed by atoms with van der Waals surface area (Å²) >= 11 is 0. The molecule has 0 atom stereocenters. The van der Waals surface area contributed by atoms with Crippen molar-refractivity contribution in [2.45, 2.75) is 23.9 Å². The highest BCUT2D eigenvalue weighted by atomic mass is 32.2. The van der Waals surface area contributed by atoms with Crippen molar-refractivity contribution in [2.75, 3.05) is 33.3 Å². The van der Waals surface area contributed by atoms with E-state index in [4.69, 9.17) is 5.11 Å². The molecule has 0 aliphatic carbocycles. The standard InChI is InChI=1S/C11H20N4O3S/c1-14-6-3-10(4-7-14)15(8-9-16)19(17,18)11-2-5-12-13-11/h2,5,10,16H,3-4,6-9H2,1H3,(H,12,13). The van der Waals surface area contributed by atoms with Crippen molar-refractivity contribution >= 4 is 10.0 Å². The van der Waals surface area contributed by atoms with E-state index in [1.807, 2.05) is 7.05 Å². The van der Waals surface area contributed by atoms with Crippen molar-refractivity contribution in [2.24, 2.45) is 0 Å². The average molecular weight is 288 g/mol. The topological polar surface area (TPSA) is 89.5 Å². The highest BCUT2D eigenvalue weighted by Crippen LogP contribution is 2.22. The van der Waals surface area contributed by atoms with Gasteiger partial charge in [-0.05, 0) is 39.0 Å². The Kier molecular flexibility index (Phi) is 4.56. The predicted molar refractivity (Wildman–Crippen MR) is 70.1 cm³/mol. The fraction of sp³-hybridized carbons (Fsp3) is 0.727. The molecule has 2 heterocycles. The summed E-state index contributed by atoms with van der Waals surface area (Å²) in [6.07, 6.45) is 2.98. The van der Waals surface area contributed by atoms with Crippen LogP contribution in [0.5, 0.6) is 0 Å². The highest BCUT2D eigenvalue weighted by Gasteiger charge is 2.33. The molecule has 1 aromatic heterocycles. The lowest BCUT2D eigenvalue weighted by Gasteiger charge is -2.35. The summed E-state index contributed by atoms with van der Waals surface area (Å²) in [4.78, 5) is 2.18. The molecule has 1 saturated heterocycles. The molecule has 0 spiro atoms. The van der Waals surface area contributed by atoms with Crippen molar-refractivity contribution in [1.29, 1.82) is 0 Å². The van der Waals surface area contributed by atoms with Gasteiger partial charge in [0, 0.05) is 12.6 Å². The number of hydrogen-bond donors (Lipinski definition) is 2. The number of hydrogen-bond acceptors (Lipinski definition) is 5. The van der Waals surface area contributed by atoms with E-state index in [1.54, 1.807) is 0 Å². The Balaban J connectivity index is 2.20. The molecule has 2 rings (SSSR count). The first-order valence-electron chi connectivity index (χ1n) is 6.36. The zero-order chi connectivity index (χ0) is 13.9. The van der Waals surface area contributed by atoms with Crippen molar-refractivity contribution < 1.29 is 13.5 Å². The SMILES string of the molecule is CN1CCC(N(CCO)S(=O)(=O)c2ccn[nH]2)CC1. The third kappa shape index (κ3) is 3.14. The van der Waals surface area contributed by atoms with Crippen LogP contribution in [-0.4, -0.2) is 72.3 Å². The zero-order valence-electron chi connectivity index (χ0n) is 11.0. The second-order valence-corrected chi connectivity index (χ2v) is 6.65. The smallest absolute Gasteiger partial charge is 0.260 e. The minimum Gasteiger partial charge on any atom is -0.395 e. The van der Waals surface area contributed by atoms with E-state index in [2.05, 4.69) is 15.1 Å². The lowest BCUT2D eigenvalue weighted by atomic mass is 10.1. The quantitative estimate of drug-likeness (QED) is 0.761. The van der Waals surface area contributed by atoms with E-state index in [0.29, 0.717) is 0 Å². The van der Waals surface area contributed by atoms with Crippen LogP contribution in [0, 0.1) is 0 Å². The first-order valence-corrected chi connectivity index (χ1v) is 7.80. The summed E-state index contributed by atoms with van der Waals surface area (Å²) < 4.78 is 26.4. The molecule has 19 heavy (non-hydrogen) atoms. The Morgan fingerprint density at radius 3 is 2.74 bits per heavy atom. The predicted octanol–water partition coefficient (Wildman–Crippen LogP) is -0.513. The summed E-state index contributed by atoms with van der Waals surface area (Å²) in [5.74, 6) is 0. The van der Waals surface area contributed by atoms with Crippen LogP contribution in [0.15, 0.2) is 17.3 Å². The molecule has 1 aliphatic rings. The molecule has 0 aromatic carbocycles. The number of nitrogens with zero attached hydrogens (tertiary/aromatic N) is 3. The molecule has 0 saturated carbocycles. The number of aliphatic hydroxyl groups is 1. The van der Waals surface area contributed by atoms with Gasteiger partial charge in [-0.1, -0.05) is 0 Å². The van der Waals surface area contributed by atoms with Crippen molar-refractivity contribution in [3.05, 3.63) is 12.3 Å². The highest BCUT2D eigenvalue weighted by molar-refractivity contribution is 7.89. The number of aromatic nitrogens is 2. The molecule has 2 N–H and O–H groups in total. The van der Waals surface area contributed by atoms with Crippen LogP contribution in [0.4, 0.5) is 0 Å². The first-order chi connectivity index (χ1) is 9.05. The van der Waals surface area contributed by atoms with Gasteiger partial charge in [0.15, 0.2) is 5.03 Å². The Hall–Kier alpha value is -0.960. The van der Waals surface area contributed by atoms with E-state index in [-0.39, 0.29) is 24.2 Å². The molecule has 1 fully saturated rings. The number of sulfonamides is 1. The largest absolute Gasteiger partial charge is 0.395 e. The van der Waals surface area contributed by atoms with Gasteiger partial charge in [-0.25, -0.2) is 8.42 Å². The van der Waals surface area contributed by atoms with Gasteiger partial charge in [-0.3, -0.25) is 5.10 Å². The maximum Gasteiger partial charge on any atom is 0.260 e. The van der Waals surface area contributed by atoms with E-state index >= 15 is 0 Å². The minimum absolute atomic E-state index is 0.0587. The van der Waals surface area contributed by atoms with Crippen molar-refractivity contribution in [1.82, 2.24) is 19.4 Å². The van der Waals surface area contributed by atoms with Crippen LogP contribution in [0.3, 0.4) is 0 Å². The molecule has 1 aliphatic heterocycles. The Morgan fingerprint density at radius 1 is 1.53 bits per heavy atom. The summed E-state index contributed by atoms with van der Waals surface area (Å²) in [6.45, 7) is 1.67. The van der Waals surface area contributed by atoms with E-state index in [0.717, 1.165) is 25.9 Å². The fourth-order valence-corrected chi connectivity index (χ4v) is 3.97. The van der Waals surface area contributed by atoms with E-state index < -0.39 is 10.0 Å². The van der Waals surface area contributed by atoms with Gasteiger partial charge >= 0.3 is 0 Å².